The van der Waals surface area contributed by atoms with Gasteiger partial charge in [-0.25, -0.2) is 14.6 Å². The number of fused-ring (bicyclic) bond motifs is 1. The molecule has 1 aromatic heterocycles. The largest absolute Gasteiger partial charge is 0.493 e. The van der Waals surface area contributed by atoms with Crippen LogP contribution < -0.4 is 38.6 Å². The maximum Gasteiger partial charge on any atom is 0.343 e. The van der Waals surface area contributed by atoms with Crippen molar-refractivity contribution >= 4 is 35.3 Å². The molecule has 0 saturated carbocycles. The van der Waals surface area contributed by atoms with E-state index in [4.69, 9.17) is 28.4 Å². The second-order valence-electron chi connectivity index (χ2n) is 9.65. The van der Waals surface area contributed by atoms with Crippen LogP contribution in [-0.4, -0.2) is 63.6 Å². The molecule has 14 heteroatoms. The maximum absolute atomic E-state index is 14.1. The van der Waals surface area contributed by atoms with E-state index in [1.165, 1.54) is 32.8 Å². The monoisotopic (exact) mass is 654 g/mol. The molecule has 0 fully saturated rings. The zero-order valence-electron chi connectivity index (χ0n) is 26.5. The van der Waals surface area contributed by atoms with Crippen LogP contribution >= 0.6 is 11.3 Å². The number of methoxy groups -OCH3 is 3. The fourth-order valence-corrected chi connectivity index (χ4v) is 5.81. The fourth-order valence-electron chi connectivity index (χ4n) is 4.76. The number of hydrogen-bond donors (Lipinski definition) is 0. The van der Waals surface area contributed by atoms with Gasteiger partial charge in [-0.2, -0.15) is 0 Å². The van der Waals surface area contributed by atoms with Gasteiger partial charge in [-0.3, -0.25) is 14.2 Å². The lowest BCUT2D eigenvalue weighted by Crippen LogP contribution is -2.40. The van der Waals surface area contributed by atoms with E-state index in [0.29, 0.717) is 31.9 Å². The van der Waals surface area contributed by atoms with Crippen LogP contribution in [0.5, 0.6) is 28.7 Å². The van der Waals surface area contributed by atoms with E-state index in [9.17, 15) is 19.2 Å². The van der Waals surface area contributed by atoms with Crippen molar-refractivity contribution in [3.8, 4) is 28.7 Å². The summed E-state index contributed by atoms with van der Waals surface area (Å²) in [5, 5.41) is 0. The summed E-state index contributed by atoms with van der Waals surface area (Å²) in [7, 11) is 4.09. The highest BCUT2D eigenvalue weighted by atomic mass is 32.1. The average Bonchev–Trinajstić information content (AvgIpc) is 3.33. The summed E-state index contributed by atoms with van der Waals surface area (Å²) in [6.45, 7) is 6.47. The predicted molar refractivity (Wildman–Crippen MR) is 166 cm³/mol. The normalized spacial score (nSPS) is 14.2. The van der Waals surface area contributed by atoms with E-state index < -0.39 is 29.5 Å². The van der Waals surface area contributed by atoms with E-state index in [-0.39, 0.29) is 48.4 Å². The number of nitrogens with zero attached hydrogens (tertiary/aromatic N) is 2. The molecule has 244 valence electrons. The zero-order chi connectivity index (χ0) is 33.5. The molecule has 0 N–H and O–H groups in total. The summed E-state index contributed by atoms with van der Waals surface area (Å²) in [5.41, 5.74) is 1.19. The van der Waals surface area contributed by atoms with Crippen molar-refractivity contribution in [1.29, 1.82) is 0 Å². The Morgan fingerprint density at radius 3 is 2.24 bits per heavy atom. The van der Waals surface area contributed by atoms with E-state index in [1.807, 2.05) is 0 Å². The quantitative estimate of drug-likeness (QED) is 0.210. The topological polar surface area (TPSA) is 150 Å². The van der Waals surface area contributed by atoms with Gasteiger partial charge in [0, 0.05) is 6.92 Å². The Kier molecular flexibility index (Phi) is 10.9. The predicted octanol–water partition coefficient (Wildman–Crippen LogP) is 2.69. The van der Waals surface area contributed by atoms with Gasteiger partial charge in [0.2, 0.25) is 5.75 Å². The molecule has 2 heterocycles. The van der Waals surface area contributed by atoms with Crippen molar-refractivity contribution in [2.75, 3.05) is 41.2 Å². The second kappa shape index (κ2) is 14.8. The third kappa shape index (κ3) is 7.07. The lowest BCUT2D eigenvalue weighted by atomic mass is 9.95. The Labute approximate surface area is 268 Å². The third-order valence-corrected chi connectivity index (χ3v) is 7.68. The molecule has 1 aliphatic rings. The number of ether oxygens (including phenoxy) is 7. The summed E-state index contributed by atoms with van der Waals surface area (Å²) < 4.78 is 39.3. The smallest absolute Gasteiger partial charge is 0.343 e. The highest BCUT2D eigenvalue weighted by molar-refractivity contribution is 7.07. The highest BCUT2D eigenvalue weighted by Gasteiger charge is 2.34. The number of thiazole rings is 1. The number of esters is 3. The number of aromatic nitrogens is 1. The molecule has 1 aliphatic heterocycles. The number of carbonyl (C=O) groups excluding carboxylic acids is 3. The van der Waals surface area contributed by atoms with Crippen LogP contribution in [0.2, 0.25) is 0 Å². The number of benzene rings is 2. The molecule has 3 aromatic rings. The molecule has 2 aromatic carbocycles. The summed E-state index contributed by atoms with van der Waals surface area (Å²) in [6.07, 6.45) is 1.63. The molecule has 46 heavy (non-hydrogen) atoms. The van der Waals surface area contributed by atoms with Crippen molar-refractivity contribution in [1.82, 2.24) is 4.57 Å². The standard InChI is InChI=1S/C32H34N2O11S/c1-8-42-22-15-20(10-11-21(22)44-16-26(36)41-7)28-27(31(38)43-9-2)17(3)33-32-34(28)30(37)25(46-32)14-19-12-23(39-5)29(45-18(4)35)24(13-19)40-6/h10-15,28H,8-9,16H2,1-7H3/b25-14+/t28-/m1/s1. The first-order valence-corrected chi connectivity index (χ1v) is 15.0. The summed E-state index contributed by atoms with van der Waals surface area (Å²) >= 11 is 1.13. The average molecular weight is 655 g/mol. The zero-order valence-corrected chi connectivity index (χ0v) is 27.3. The summed E-state index contributed by atoms with van der Waals surface area (Å²) in [6, 6.07) is 7.21. The highest BCUT2D eigenvalue weighted by Crippen LogP contribution is 2.39. The van der Waals surface area contributed by atoms with E-state index >= 15 is 0 Å². The van der Waals surface area contributed by atoms with Gasteiger partial charge in [-0.1, -0.05) is 17.4 Å². The number of rotatable bonds is 12. The van der Waals surface area contributed by atoms with Crippen LogP contribution in [0.1, 0.15) is 44.9 Å². The van der Waals surface area contributed by atoms with E-state index in [1.54, 1.807) is 57.2 Å². The van der Waals surface area contributed by atoms with Gasteiger partial charge in [0.25, 0.3) is 5.56 Å². The molecule has 4 rings (SSSR count). The minimum absolute atomic E-state index is 0.106. The molecule has 1 atom stereocenters. The molecule has 13 nitrogen and oxygen atoms in total. The first-order chi connectivity index (χ1) is 22.1. The first kappa shape index (κ1) is 33.8. The van der Waals surface area contributed by atoms with Crippen molar-refractivity contribution < 1.29 is 47.5 Å². The first-order valence-electron chi connectivity index (χ1n) is 14.2. The summed E-state index contributed by atoms with van der Waals surface area (Å²) in [5.74, 6) is -0.607. The van der Waals surface area contributed by atoms with Crippen molar-refractivity contribution in [3.63, 3.8) is 0 Å². The minimum Gasteiger partial charge on any atom is -0.493 e. The SMILES string of the molecule is CCOC(=O)C1=C(C)N=c2s/c(=C/c3cc(OC)c(OC(C)=O)c(OC)c3)c(=O)n2[C@@H]1c1ccc(OCC(=O)OC)c(OCC)c1. The van der Waals surface area contributed by atoms with E-state index in [0.717, 1.165) is 11.3 Å². The van der Waals surface area contributed by atoms with Crippen LogP contribution in [-0.2, 0) is 23.9 Å². The number of carbonyl (C=O) groups is 3. The molecular formula is C32H34N2O11S. The van der Waals surface area contributed by atoms with Gasteiger partial charge < -0.3 is 33.2 Å². The Morgan fingerprint density at radius 1 is 0.957 bits per heavy atom. The lowest BCUT2D eigenvalue weighted by molar-refractivity contribution is -0.143. The molecule has 0 saturated heterocycles. The molecule has 0 spiro atoms. The second-order valence-corrected chi connectivity index (χ2v) is 10.7. The summed E-state index contributed by atoms with van der Waals surface area (Å²) in [4.78, 5) is 55.7. The van der Waals surface area contributed by atoms with Crippen LogP contribution in [0.15, 0.2) is 51.4 Å². The third-order valence-electron chi connectivity index (χ3n) is 6.70. The van der Waals surface area contributed by atoms with Gasteiger partial charge in [0.1, 0.15) is 0 Å². The van der Waals surface area contributed by atoms with E-state index in [2.05, 4.69) is 9.73 Å². The van der Waals surface area contributed by atoms with Crippen LogP contribution in [0, 0.1) is 0 Å². The van der Waals surface area contributed by atoms with Crippen molar-refractivity contribution in [2.45, 2.75) is 33.7 Å². The molecular weight excluding hydrogens is 620 g/mol. The Morgan fingerprint density at radius 2 is 1.65 bits per heavy atom. The fraction of sp³-hybridized carbons (Fsp3) is 0.344. The Hall–Kier alpha value is -5.11. The lowest BCUT2D eigenvalue weighted by Gasteiger charge is -2.25. The van der Waals surface area contributed by atoms with Gasteiger partial charge >= 0.3 is 17.9 Å². The molecule has 0 unspecified atom stereocenters. The molecule has 0 bridgehead atoms. The van der Waals surface area contributed by atoms with Crippen LogP contribution in [0.4, 0.5) is 0 Å². The molecule has 0 amide bonds. The van der Waals surface area contributed by atoms with Crippen molar-refractivity contribution in [2.24, 2.45) is 4.99 Å². The van der Waals surface area contributed by atoms with Crippen LogP contribution in [0.25, 0.3) is 6.08 Å². The number of allylic oxidation sites excluding steroid dienone is 1. The Balaban J connectivity index is 1.92. The van der Waals surface area contributed by atoms with Crippen molar-refractivity contribution in [3.05, 3.63) is 72.4 Å². The minimum atomic E-state index is -0.929. The van der Waals surface area contributed by atoms with Gasteiger partial charge in [0.15, 0.2) is 34.4 Å². The number of hydrogen-bond acceptors (Lipinski definition) is 13. The van der Waals surface area contributed by atoms with Gasteiger partial charge in [0.05, 0.1) is 56.4 Å². The van der Waals surface area contributed by atoms with Gasteiger partial charge in [-0.05, 0) is 62.2 Å². The maximum atomic E-state index is 14.1. The van der Waals surface area contributed by atoms with Gasteiger partial charge in [-0.15, -0.1) is 0 Å². The molecule has 0 radical (unpaired) electrons. The molecule has 0 aliphatic carbocycles. The van der Waals surface area contributed by atoms with Crippen LogP contribution in [0.3, 0.4) is 0 Å². The Bertz CT molecular complexity index is 1850.